The fourth-order valence-corrected chi connectivity index (χ4v) is 4.90. The number of nitrogens with zero attached hydrogens (tertiary/aromatic N) is 3. The van der Waals surface area contributed by atoms with Crippen molar-refractivity contribution in [2.24, 2.45) is 4.99 Å². The van der Waals surface area contributed by atoms with E-state index in [0.717, 1.165) is 46.0 Å². The highest BCUT2D eigenvalue weighted by molar-refractivity contribution is 6.01. The molecule has 0 bridgehead atoms. The molecule has 0 spiro atoms. The number of rotatable bonds is 10. The van der Waals surface area contributed by atoms with E-state index in [1.54, 1.807) is 19.2 Å². The number of likely N-dealkylation sites (tertiary alicyclic amines) is 1. The third-order valence-corrected chi connectivity index (χ3v) is 7.23. The molecule has 0 aromatic heterocycles. The highest BCUT2D eigenvalue weighted by Crippen LogP contribution is 2.36. The largest absolute Gasteiger partial charge is 0.466 e. The lowest BCUT2D eigenvalue weighted by atomic mass is 9.92. The third kappa shape index (κ3) is 12.1. The number of imide groups is 1. The number of amides is 4. The fraction of sp³-hybridized carbons (Fsp3) is 0.515. The Morgan fingerprint density at radius 3 is 2.26 bits per heavy atom. The van der Waals surface area contributed by atoms with Gasteiger partial charge >= 0.3 is 18.0 Å². The van der Waals surface area contributed by atoms with Gasteiger partial charge in [0.15, 0.2) is 17.5 Å². The number of aliphatic hydroxyl groups is 1. The number of allylic oxidation sites excluding steroid dienone is 3. The third-order valence-electron chi connectivity index (χ3n) is 7.23. The second kappa shape index (κ2) is 21.7. The molecule has 13 heteroatoms. The van der Waals surface area contributed by atoms with E-state index in [4.69, 9.17) is 9.84 Å². The predicted molar refractivity (Wildman–Crippen MR) is 173 cm³/mol. The van der Waals surface area contributed by atoms with Gasteiger partial charge in [-0.15, -0.1) is 0 Å². The molecular formula is C33H48F3N5O5. The molecule has 1 atom stereocenters. The van der Waals surface area contributed by atoms with Crippen LogP contribution in [-0.2, 0) is 9.53 Å². The summed E-state index contributed by atoms with van der Waals surface area (Å²) in [5.74, 6) is -5.60. The minimum Gasteiger partial charge on any atom is -0.466 e. The molecule has 10 nitrogen and oxygen atoms in total. The van der Waals surface area contributed by atoms with Crippen LogP contribution in [0.25, 0.3) is 0 Å². The van der Waals surface area contributed by atoms with E-state index in [1.807, 2.05) is 19.9 Å². The van der Waals surface area contributed by atoms with Gasteiger partial charge in [0.05, 0.1) is 12.7 Å². The number of halogens is 3. The molecule has 0 aliphatic carbocycles. The van der Waals surface area contributed by atoms with Crippen molar-refractivity contribution in [1.29, 1.82) is 0 Å². The van der Waals surface area contributed by atoms with Crippen LogP contribution in [0.5, 0.6) is 0 Å². The summed E-state index contributed by atoms with van der Waals surface area (Å²) in [5.41, 5.74) is 0.650. The molecule has 3 rings (SSSR count). The van der Waals surface area contributed by atoms with Crippen molar-refractivity contribution < 1.29 is 37.4 Å². The van der Waals surface area contributed by atoms with Gasteiger partial charge in [-0.05, 0) is 89.4 Å². The minimum atomic E-state index is -1.70. The zero-order valence-corrected chi connectivity index (χ0v) is 27.5. The number of nitrogens with one attached hydrogen (secondary N) is 2. The van der Waals surface area contributed by atoms with Crippen LogP contribution in [0, 0.1) is 17.5 Å². The lowest BCUT2D eigenvalue weighted by Crippen LogP contribution is -2.54. The fourth-order valence-electron chi connectivity index (χ4n) is 4.90. The normalized spacial score (nSPS) is 17.2. The first kappa shape index (κ1) is 40.1. The van der Waals surface area contributed by atoms with Gasteiger partial charge < -0.3 is 25.4 Å². The molecule has 1 unspecified atom stereocenters. The highest BCUT2D eigenvalue weighted by atomic mass is 19.2. The van der Waals surface area contributed by atoms with E-state index in [0.29, 0.717) is 23.5 Å². The van der Waals surface area contributed by atoms with Gasteiger partial charge in [0.25, 0.3) is 0 Å². The number of carbonyl (C=O) groups excluding carboxylic acids is 3. The molecule has 0 saturated carbocycles. The average Bonchev–Trinajstić information content (AvgIpc) is 3.34. The zero-order valence-electron chi connectivity index (χ0n) is 27.5. The number of urea groups is 2. The Labute approximate surface area is 270 Å². The maximum absolute atomic E-state index is 14.1. The van der Waals surface area contributed by atoms with Crippen LogP contribution in [0.4, 0.5) is 22.8 Å². The van der Waals surface area contributed by atoms with Crippen LogP contribution < -0.4 is 10.6 Å². The second-order valence-electron chi connectivity index (χ2n) is 10.4. The van der Waals surface area contributed by atoms with Gasteiger partial charge in [-0.25, -0.2) is 32.5 Å². The smallest absolute Gasteiger partial charge is 0.338 e. The second-order valence-corrected chi connectivity index (χ2v) is 10.4. The number of methoxy groups -OCH3 is 1. The topological polar surface area (TPSA) is 124 Å². The number of benzene rings is 1. The van der Waals surface area contributed by atoms with Gasteiger partial charge in [-0.3, -0.25) is 4.99 Å². The van der Waals surface area contributed by atoms with Crippen LogP contribution in [0.3, 0.4) is 0 Å². The number of hydrogen-bond donors (Lipinski definition) is 3. The number of aliphatic imine (C=N–C) groups is 1. The summed E-state index contributed by atoms with van der Waals surface area (Å²) in [6.07, 6.45) is 11.9. The Bertz CT molecular complexity index is 1240. The van der Waals surface area contributed by atoms with E-state index in [2.05, 4.69) is 27.1 Å². The number of aliphatic hydroxyl groups excluding tert-OH is 1. The van der Waals surface area contributed by atoms with Crippen LogP contribution in [0.1, 0.15) is 77.3 Å². The molecule has 1 fully saturated rings. The molecule has 46 heavy (non-hydrogen) atoms. The van der Waals surface area contributed by atoms with Crippen molar-refractivity contribution in [2.75, 3.05) is 40.4 Å². The van der Waals surface area contributed by atoms with Crippen LogP contribution in [0.2, 0.25) is 0 Å². The lowest BCUT2D eigenvalue weighted by Gasteiger charge is -2.36. The van der Waals surface area contributed by atoms with Crippen molar-refractivity contribution in [3.8, 4) is 0 Å². The summed E-state index contributed by atoms with van der Waals surface area (Å²) in [6.45, 7) is 12.3. The highest BCUT2D eigenvalue weighted by Gasteiger charge is 2.43. The van der Waals surface area contributed by atoms with Crippen LogP contribution in [0.15, 0.2) is 53.3 Å². The number of hydrogen-bond acceptors (Lipinski definition) is 7. The number of carbonyl (C=O) groups is 3. The molecular weight excluding hydrogens is 603 g/mol. The summed E-state index contributed by atoms with van der Waals surface area (Å²) in [6, 6.07) is -1.91. The van der Waals surface area contributed by atoms with Crippen LogP contribution in [-0.4, -0.2) is 79.0 Å². The van der Waals surface area contributed by atoms with Gasteiger partial charge in [0.1, 0.15) is 6.04 Å². The molecule has 1 saturated heterocycles. The summed E-state index contributed by atoms with van der Waals surface area (Å²) in [5, 5.41) is 12.1. The van der Waals surface area contributed by atoms with Crippen molar-refractivity contribution in [3.63, 3.8) is 0 Å². The molecule has 1 aromatic carbocycles. The number of unbranched alkanes of at least 4 members (excludes halogenated alkanes) is 1. The molecule has 4 amide bonds. The lowest BCUT2D eigenvalue weighted by molar-refractivity contribution is -0.136. The van der Waals surface area contributed by atoms with Crippen molar-refractivity contribution in [1.82, 2.24) is 20.4 Å². The SMILES string of the molecule is C=CC(C)=N/C=C\C.CCC1=C(C(=O)OC)C(c2cc(F)c(F)c(F)c2)N(C(=O)NCCCCN2CCCCCC2)C(=O)N1.CO. The standard InChI is InChI=1S/C25H33F3N4O4.C7H11N.CH4O/c1-3-19-20(23(33)36-2)22(16-14-17(26)21(28)18(27)15-16)32(25(35)30-19)24(34)29-10-6-9-13-31-11-7-4-5-8-12-31;1-4-6-8-7(3)5-2;1-2/h14-15,22H,3-13H2,1-2H3,(H,29,34)(H,30,35);4-6H,2H2,1,3H3;2H,1H3/b;6-4-,8-7?;. The number of ether oxygens (including phenoxy) is 1. The molecule has 2 heterocycles. The first-order valence-corrected chi connectivity index (χ1v) is 15.4. The maximum atomic E-state index is 14.1. The van der Waals surface area contributed by atoms with E-state index < -0.39 is 41.5 Å². The summed E-state index contributed by atoms with van der Waals surface area (Å²) in [7, 11) is 2.11. The van der Waals surface area contributed by atoms with Crippen LogP contribution >= 0.6 is 0 Å². The maximum Gasteiger partial charge on any atom is 0.338 e. The average molecular weight is 652 g/mol. The van der Waals surface area contributed by atoms with Gasteiger partial charge in [0, 0.05) is 31.3 Å². The summed E-state index contributed by atoms with van der Waals surface area (Å²) >= 11 is 0. The minimum absolute atomic E-state index is 0.142. The Hall–Kier alpha value is -3.97. The van der Waals surface area contributed by atoms with E-state index >= 15 is 0 Å². The Morgan fingerprint density at radius 2 is 1.74 bits per heavy atom. The summed E-state index contributed by atoms with van der Waals surface area (Å²) < 4.78 is 46.7. The number of esters is 1. The Balaban J connectivity index is 0.000000922. The van der Waals surface area contributed by atoms with Crippen molar-refractivity contribution in [3.05, 3.63) is 71.3 Å². The van der Waals surface area contributed by atoms with E-state index in [9.17, 15) is 27.6 Å². The van der Waals surface area contributed by atoms with Gasteiger partial charge in [0.2, 0.25) is 0 Å². The summed E-state index contributed by atoms with van der Waals surface area (Å²) in [4.78, 5) is 45.7. The monoisotopic (exact) mass is 651 g/mol. The molecule has 0 radical (unpaired) electrons. The predicted octanol–water partition coefficient (Wildman–Crippen LogP) is 6.15. The Morgan fingerprint density at radius 1 is 1.13 bits per heavy atom. The first-order chi connectivity index (χ1) is 22.1. The molecule has 2 aliphatic heterocycles. The quantitative estimate of drug-likeness (QED) is 0.121. The van der Waals surface area contributed by atoms with Crippen molar-refractivity contribution in [2.45, 2.75) is 71.8 Å². The van der Waals surface area contributed by atoms with E-state index in [-0.39, 0.29) is 29.8 Å². The zero-order chi connectivity index (χ0) is 34.6. The molecule has 1 aromatic rings. The van der Waals surface area contributed by atoms with Gasteiger partial charge in [-0.1, -0.05) is 32.4 Å². The molecule has 256 valence electrons. The molecule has 3 N–H and O–H groups in total. The first-order valence-electron chi connectivity index (χ1n) is 15.4. The van der Waals surface area contributed by atoms with Gasteiger partial charge in [-0.2, -0.15) is 0 Å². The Kier molecular flexibility index (Phi) is 18.9. The molecule has 2 aliphatic rings. The van der Waals surface area contributed by atoms with Crippen molar-refractivity contribution >= 4 is 23.7 Å². The van der Waals surface area contributed by atoms with E-state index in [1.165, 1.54) is 25.7 Å².